The highest BCUT2D eigenvalue weighted by molar-refractivity contribution is 6.89. The molecule has 0 aliphatic rings. The largest absolute Gasteiger partial charge is 0.309 e. The first-order chi connectivity index (χ1) is 14.8. The van der Waals surface area contributed by atoms with Crippen molar-refractivity contribution in [2.45, 2.75) is 26.6 Å². The lowest BCUT2D eigenvalue weighted by Crippen LogP contribution is -2.38. The van der Waals surface area contributed by atoms with Gasteiger partial charge in [-0.05, 0) is 30.0 Å². The molecule has 0 saturated heterocycles. The van der Waals surface area contributed by atoms with E-state index in [0.29, 0.717) is 5.69 Å². The Morgan fingerprint density at radius 3 is 2.42 bits per heavy atom. The highest BCUT2D eigenvalue weighted by atomic mass is 28.3. The second kappa shape index (κ2) is 5.84. The molecule has 0 spiro atoms. The van der Waals surface area contributed by atoms with E-state index in [1.807, 2.05) is 6.07 Å². The normalized spacial score (nSPS) is 12.6. The number of hydrogen-bond donors (Lipinski definition) is 0. The van der Waals surface area contributed by atoms with Gasteiger partial charge in [-0.2, -0.15) is 0 Å². The molecule has 0 amide bonds. The van der Waals surface area contributed by atoms with Gasteiger partial charge in [0.2, 0.25) is 5.52 Å². The molecule has 0 atom stereocenters. The Bertz CT molecular complexity index is 1740. The van der Waals surface area contributed by atoms with Crippen molar-refractivity contribution in [3.8, 4) is 0 Å². The molecule has 4 heteroatoms. The summed E-state index contributed by atoms with van der Waals surface area (Å²) in [6.07, 6.45) is 2.20. The number of rotatable bonds is 1. The van der Waals surface area contributed by atoms with Crippen molar-refractivity contribution in [3.63, 3.8) is 0 Å². The van der Waals surface area contributed by atoms with Crippen molar-refractivity contribution in [2.24, 2.45) is 7.05 Å². The maximum atomic E-state index is 7.57. The van der Waals surface area contributed by atoms with Crippen LogP contribution in [-0.2, 0) is 7.05 Å². The Morgan fingerprint density at radius 2 is 1.68 bits per heavy atom. The summed E-state index contributed by atoms with van der Waals surface area (Å²) >= 11 is 0. The number of aryl methyl sites for hydroxylation is 2. The van der Waals surface area contributed by atoms with Gasteiger partial charge in [-0.15, -0.1) is 0 Å². The van der Waals surface area contributed by atoms with Gasteiger partial charge in [0.1, 0.15) is 7.05 Å². The van der Waals surface area contributed by atoms with Gasteiger partial charge < -0.3 is 4.40 Å². The van der Waals surface area contributed by atoms with Crippen LogP contribution in [0.1, 0.15) is 5.56 Å². The molecule has 150 valence electrons. The Hall–Kier alpha value is -3.42. The zero-order valence-electron chi connectivity index (χ0n) is 18.5. The number of fused-ring (bicyclic) bond motifs is 5. The number of pyridine rings is 2. The average molecular weight is 419 g/mol. The third-order valence-corrected chi connectivity index (χ3v) is 8.83. The van der Waals surface area contributed by atoms with Gasteiger partial charge in [-0.25, -0.2) is 9.41 Å². The van der Waals surface area contributed by atoms with E-state index in [2.05, 4.69) is 96.1 Å². The van der Waals surface area contributed by atoms with Crippen molar-refractivity contribution in [3.05, 3.63) is 71.7 Å². The molecule has 3 heterocycles. The van der Waals surface area contributed by atoms with Crippen LogP contribution in [0.25, 0.3) is 53.8 Å². The molecule has 0 aliphatic heterocycles. The van der Waals surface area contributed by atoms with E-state index in [9.17, 15) is 0 Å². The van der Waals surface area contributed by atoms with E-state index in [-0.39, 0.29) is 0 Å². The van der Waals surface area contributed by atoms with E-state index >= 15 is 0 Å². The fourth-order valence-corrected chi connectivity index (χ4v) is 6.36. The van der Waals surface area contributed by atoms with Crippen molar-refractivity contribution < 1.29 is 4.57 Å². The Labute approximate surface area is 182 Å². The van der Waals surface area contributed by atoms with E-state index in [0.717, 1.165) is 5.52 Å². The molecule has 0 radical (unpaired) electrons. The fraction of sp³-hybridized carbons (Fsp3) is 0.185. The number of nitrogens with zero attached hydrogens (tertiary/aromatic N) is 3. The van der Waals surface area contributed by atoms with E-state index in [4.69, 9.17) is 6.57 Å². The van der Waals surface area contributed by atoms with Crippen LogP contribution >= 0.6 is 0 Å². The summed E-state index contributed by atoms with van der Waals surface area (Å²) < 4.78 is 4.70. The summed E-state index contributed by atoms with van der Waals surface area (Å²) in [5.74, 6) is 0. The van der Waals surface area contributed by atoms with Crippen molar-refractivity contribution >= 4 is 67.9 Å². The minimum atomic E-state index is -1.52. The van der Waals surface area contributed by atoms with Gasteiger partial charge in [0, 0.05) is 22.4 Å². The first kappa shape index (κ1) is 18.4. The van der Waals surface area contributed by atoms with Crippen LogP contribution in [-0.4, -0.2) is 12.5 Å². The van der Waals surface area contributed by atoms with Crippen LogP contribution in [0, 0.1) is 13.5 Å². The van der Waals surface area contributed by atoms with Crippen molar-refractivity contribution in [1.82, 2.24) is 4.40 Å². The SMILES string of the molecule is [C-]#[N+]c1ccc2c3ccc(C)c4c3n(c2c1)c1cc([Si](C)(C)C)cc2cc[n+](C)c4c21. The lowest BCUT2D eigenvalue weighted by atomic mass is 10.00. The molecule has 3 aromatic heterocycles. The van der Waals surface area contributed by atoms with Gasteiger partial charge in [0.05, 0.1) is 36.5 Å². The van der Waals surface area contributed by atoms with Gasteiger partial charge in [-0.1, -0.05) is 55.2 Å². The topological polar surface area (TPSA) is 12.6 Å². The first-order valence-corrected chi connectivity index (χ1v) is 14.2. The number of hydrogen-bond acceptors (Lipinski definition) is 0. The summed E-state index contributed by atoms with van der Waals surface area (Å²) in [6.45, 7) is 17.0. The monoisotopic (exact) mass is 418 g/mol. The molecular weight excluding hydrogens is 394 g/mol. The molecule has 3 aromatic carbocycles. The smallest absolute Gasteiger partial charge is 0.224 e. The number of benzene rings is 3. The molecule has 0 saturated carbocycles. The zero-order valence-corrected chi connectivity index (χ0v) is 19.5. The Morgan fingerprint density at radius 1 is 0.903 bits per heavy atom. The standard InChI is InChI=1S/C27H24N3Si/c1-16-7-9-21-20-10-8-18(28-2)14-22(20)30-23-15-19(31(4,5)6)13-17-11-12-29(3)27(25(17)23)24(16)26(21)30/h7-15H,1,3-6H3/q+1. The molecule has 0 unspecified atom stereocenters. The van der Waals surface area contributed by atoms with Crippen molar-refractivity contribution in [2.75, 3.05) is 0 Å². The second-order valence-corrected chi connectivity index (χ2v) is 14.9. The molecule has 0 aliphatic carbocycles. The summed E-state index contributed by atoms with van der Waals surface area (Å²) in [4.78, 5) is 3.73. The molecule has 0 N–H and O–H groups in total. The quantitative estimate of drug-likeness (QED) is 0.0988. The summed E-state index contributed by atoms with van der Waals surface area (Å²) in [5.41, 5.74) is 6.90. The Kier molecular flexibility index (Phi) is 3.46. The van der Waals surface area contributed by atoms with Gasteiger partial charge in [0.25, 0.3) is 0 Å². The van der Waals surface area contributed by atoms with E-state index < -0.39 is 8.07 Å². The van der Waals surface area contributed by atoms with Crippen molar-refractivity contribution in [1.29, 1.82) is 0 Å². The summed E-state index contributed by atoms with van der Waals surface area (Å²) in [7, 11) is 0.627. The van der Waals surface area contributed by atoms with Gasteiger partial charge in [0.15, 0.2) is 11.9 Å². The predicted octanol–water partition coefficient (Wildman–Crippen LogP) is 6.22. The predicted molar refractivity (Wildman–Crippen MR) is 134 cm³/mol. The minimum Gasteiger partial charge on any atom is -0.309 e. The zero-order chi connectivity index (χ0) is 21.7. The third kappa shape index (κ3) is 2.30. The second-order valence-electron chi connectivity index (χ2n) is 9.79. The molecular formula is C27H24N3Si+. The molecule has 3 nitrogen and oxygen atoms in total. The van der Waals surface area contributed by atoms with Gasteiger partial charge >= 0.3 is 0 Å². The van der Waals surface area contributed by atoms with Crippen LogP contribution in [0.5, 0.6) is 0 Å². The fourth-order valence-electron chi connectivity index (χ4n) is 5.21. The maximum Gasteiger partial charge on any atom is 0.224 e. The lowest BCUT2D eigenvalue weighted by molar-refractivity contribution is -0.643. The van der Waals surface area contributed by atoms with Crippen LogP contribution in [0.4, 0.5) is 5.69 Å². The van der Waals surface area contributed by atoms with Crippen LogP contribution in [0.15, 0.2) is 54.7 Å². The van der Waals surface area contributed by atoms with Gasteiger partial charge in [-0.3, -0.25) is 0 Å². The molecule has 31 heavy (non-hydrogen) atoms. The van der Waals surface area contributed by atoms with E-state index in [1.54, 1.807) is 0 Å². The summed E-state index contributed by atoms with van der Waals surface area (Å²) in [5, 5.41) is 7.84. The van der Waals surface area contributed by atoms with Crippen LogP contribution in [0.3, 0.4) is 0 Å². The lowest BCUT2D eigenvalue weighted by Gasteiger charge is -2.20. The number of aromatic nitrogens is 2. The highest BCUT2D eigenvalue weighted by Crippen LogP contribution is 2.41. The third-order valence-electron chi connectivity index (χ3n) is 6.81. The van der Waals surface area contributed by atoms with E-state index in [1.165, 1.54) is 54.2 Å². The minimum absolute atomic E-state index is 0.687. The van der Waals surface area contributed by atoms with Crippen LogP contribution in [0.2, 0.25) is 19.6 Å². The maximum absolute atomic E-state index is 7.57. The first-order valence-electron chi connectivity index (χ1n) is 10.7. The molecule has 0 bridgehead atoms. The molecule has 6 aromatic rings. The molecule has 0 fully saturated rings. The molecule has 6 rings (SSSR count). The van der Waals surface area contributed by atoms with Crippen LogP contribution < -0.4 is 9.75 Å². The highest BCUT2D eigenvalue weighted by Gasteiger charge is 2.26. The average Bonchev–Trinajstić information content (AvgIpc) is 3.07. The summed E-state index contributed by atoms with van der Waals surface area (Å²) in [6, 6.07) is 17.7. The Balaban J connectivity index is 2.06.